The topological polar surface area (TPSA) is 3.24 Å². The average molecular weight is 307 g/mol. The third-order valence-corrected chi connectivity index (χ3v) is 7.56. The number of fused-ring (bicyclic) bond motifs is 3. The van der Waals surface area contributed by atoms with Crippen LogP contribution in [0.1, 0.15) is 50.7 Å². The van der Waals surface area contributed by atoms with Gasteiger partial charge in [-0.15, -0.1) is 0 Å². The summed E-state index contributed by atoms with van der Waals surface area (Å²) in [6.07, 6.45) is 12.1. The Morgan fingerprint density at radius 3 is 2.83 bits per heavy atom. The molecule has 0 spiro atoms. The van der Waals surface area contributed by atoms with Gasteiger partial charge >= 0.3 is 0 Å². The predicted molar refractivity (Wildman–Crippen MR) is 95.5 cm³/mol. The van der Waals surface area contributed by atoms with E-state index < -0.39 is 0 Å². The van der Waals surface area contributed by atoms with Crippen LogP contribution in [0.2, 0.25) is 0 Å². The van der Waals surface area contributed by atoms with E-state index in [0.29, 0.717) is 5.41 Å². The Labute approximate surface area is 140 Å². The molecule has 5 atom stereocenters. The molecule has 122 valence electrons. The molecule has 0 aromatic heterocycles. The monoisotopic (exact) mass is 307 g/mol. The van der Waals surface area contributed by atoms with Crippen LogP contribution in [-0.4, -0.2) is 23.5 Å². The maximum absolute atomic E-state index is 2.93. The Kier molecular flexibility index (Phi) is 3.08. The third kappa shape index (κ3) is 1.95. The van der Waals surface area contributed by atoms with Crippen molar-refractivity contribution in [2.45, 2.75) is 63.5 Å². The molecule has 1 heteroatoms. The number of likely N-dealkylation sites (tertiary alicyclic amines) is 1. The summed E-state index contributed by atoms with van der Waals surface area (Å²) in [5.41, 5.74) is 3.56. The van der Waals surface area contributed by atoms with Gasteiger partial charge in [-0.3, -0.25) is 4.90 Å². The lowest BCUT2D eigenvalue weighted by molar-refractivity contribution is -0.0223. The molecule has 1 aliphatic heterocycles. The lowest BCUT2D eigenvalue weighted by atomic mass is 9.53. The molecule has 1 saturated carbocycles. The van der Waals surface area contributed by atoms with Gasteiger partial charge in [0.25, 0.3) is 0 Å². The van der Waals surface area contributed by atoms with Crippen LogP contribution in [0.25, 0.3) is 0 Å². The molecule has 1 heterocycles. The van der Waals surface area contributed by atoms with Gasteiger partial charge in [0.1, 0.15) is 0 Å². The first kappa shape index (κ1) is 14.3. The van der Waals surface area contributed by atoms with E-state index in [9.17, 15) is 0 Å². The maximum atomic E-state index is 2.93. The van der Waals surface area contributed by atoms with Crippen LogP contribution < -0.4 is 0 Å². The lowest BCUT2D eigenvalue weighted by Gasteiger charge is -2.60. The standard InChI is InChI=1S/C22H29N/c1-3-22-11-10-17-12-20(22)21(13-18-6-4-5-7-19(18)22)23(15(17)2)14-16-8-9-16/h4-7,10-11,15-17,20-21H,3,8-9,12-14H2,1-2H3/t15?,17?,20?,21?,22-/m0/s1. The van der Waals surface area contributed by atoms with Crippen molar-refractivity contribution in [3.05, 3.63) is 47.5 Å². The average Bonchev–Trinajstić information content (AvgIpc) is 3.41. The highest BCUT2D eigenvalue weighted by molar-refractivity contribution is 5.45. The molecular formula is C22H29N. The summed E-state index contributed by atoms with van der Waals surface area (Å²) in [6, 6.07) is 10.8. The molecule has 4 unspecified atom stereocenters. The van der Waals surface area contributed by atoms with E-state index in [0.717, 1.165) is 29.8 Å². The predicted octanol–water partition coefficient (Wildman–Crippen LogP) is 4.57. The minimum absolute atomic E-state index is 0.304. The zero-order chi connectivity index (χ0) is 15.6. The minimum Gasteiger partial charge on any atom is -0.296 e. The minimum atomic E-state index is 0.304. The molecule has 1 nitrogen and oxygen atoms in total. The van der Waals surface area contributed by atoms with E-state index in [4.69, 9.17) is 0 Å². The SMILES string of the molecule is CC[C@@]12C=CC3CC1C(Cc1ccccc12)N(CC1CC1)C3C. The molecule has 1 aromatic rings. The molecule has 1 saturated heterocycles. The first-order valence-electron chi connectivity index (χ1n) is 9.76. The maximum Gasteiger partial charge on any atom is 0.0179 e. The second-order valence-electron chi connectivity index (χ2n) is 8.57. The molecular weight excluding hydrogens is 278 g/mol. The summed E-state index contributed by atoms with van der Waals surface area (Å²) in [7, 11) is 0. The fraction of sp³-hybridized carbons (Fsp3) is 0.636. The number of allylic oxidation sites excluding steroid dienone is 1. The van der Waals surface area contributed by atoms with E-state index in [-0.39, 0.29) is 0 Å². The number of benzene rings is 1. The largest absolute Gasteiger partial charge is 0.296 e. The van der Waals surface area contributed by atoms with E-state index in [1.807, 2.05) is 0 Å². The molecule has 0 radical (unpaired) electrons. The van der Waals surface area contributed by atoms with Crippen LogP contribution in [0.5, 0.6) is 0 Å². The fourth-order valence-corrected chi connectivity index (χ4v) is 6.04. The van der Waals surface area contributed by atoms with Crippen LogP contribution in [0.3, 0.4) is 0 Å². The van der Waals surface area contributed by atoms with Crippen molar-refractivity contribution in [3.8, 4) is 0 Å². The van der Waals surface area contributed by atoms with Crippen LogP contribution in [0.15, 0.2) is 36.4 Å². The Hall–Kier alpha value is -1.08. The first-order chi connectivity index (χ1) is 11.2. The van der Waals surface area contributed by atoms with E-state index in [1.165, 1.54) is 38.6 Å². The lowest BCUT2D eigenvalue weighted by Crippen LogP contribution is -2.63. The van der Waals surface area contributed by atoms with Gasteiger partial charge in [-0.2, -0.15) is 0 Å². The molecule has 5 rings (SSSR count). The molecule has 1 aromatic carbocycles. The van der Waals surface area contributed by atoms with Gasteiger partial charge < -0.3 is 0 Å². The number of hydrogen-bond donors (Lipinski definition) is 0. The van der Waals surface area contributed by atoms with E-state index >= 15 is 0 Å². The summed E-state index contributed by atoms with van der Waals surface area (Å²) in [6.45, 7) is 6.26. The summed E-state index contributed by atoms with van der Waals surface area (Å²) >= 11 is 0. The van der Waals surface area contributed by atoms with Gasteiger partial charge in [0.05, 0.1) is 0 Å². The number of hydrogen-bond acceptors (Lipinski definition) is 1. The Morgan fingerprint density at radius 2 is 2.04 bits per heavy atom. The number of piperidine rings is 1. The molecule has 4 aliphatic rings. The van der Waals surface area contributed by atoms with Crippen molar-refractivity contribution in [1.82, 2.24) is 4.90 Å². The molecule has 23 heavy (non-hydrogen) atoms. The quantitative estimate of drug-likeness (QED) is 0.740. The van der Waals surface area contributed by atoms with Gasteiger partial charge in [-0.05, 0) is 67.9 Å². The summed E-state index contributed by atoms with van der Waals surface area (Å²) in [5.74, 6) is 2.60. The Bertz CT molecular complexity index is 643. The van der Waals surface area contributed by atoms with E-state index in [1.54, 1.807) is 11.1 Å². The van der Waals surface area contributed by atoms with Crippen LogP contribution >= 0.6 is 0 Å². The molecule has 0 amide bonds. The zero-order valence-corrected chi connectivity index (χ0v) is 14.5. The highest BCUT2D eigenvalue weighted by atomic mass is 15.2. The summed E-state index contributed by atoms with van der Waals surface area (Å²) in [4.78, 5) is 2.93. The second-order valence-corrected chi connectivity index (χ2v) is 8.57. The molecule has 3 aliphatic carbocycles. The Morgan fingerprint density at radius 1 is 1.22 bits per heavy atom. The van der Waals surface area contributed by atoms with Crippen molar-refractivity contribution in [1.29, 1.82) is 0 Å². The summed E-state index contributed by atoms with van der Waals surface area (Å²) < 4.78 is 0. The van der Waals surface area contributed by atoms with Crippen molar-refractivity contribution in [2.75, 3.05) is 6.54 Å². The highest BCUT2D eigenvalue weighted by Crippen LogP contribution is 2.55. The molecule has 2 bridgehead atoms. The van der Waals surface area contributed by atoms with Crippen LogP contribution in [-0.2, 0) is 11.8 Å². The van der Waals surface area contributed by atoms with Gasteiger partial charge in [0, 0.05) is 24.0 Å². The number of nitrogens with zero attached hydrogens (tertiary/aromatic N) is 1. The van der Waals surface area contributed by atoms with Crippen molar-refractivity contribution < 1.29 is 0 Å². The van der Waals surface area contributed by atoms with Gasteiger partial charge in [-0.25, -0.2) is 0 Å². The number of rotatable bonds is 3. The zero-order valence-electron chi connectivity index (χ0n) is 14.5. The van der Waals surface area contributed by atoms with Crippen molar-refractivity contribution >= 4 is 0 Å². The summed E-state index contributed by atoms with van der Waals surface area (Å²) in [5, 5.41) is 0. The normalized spacial score (nSPS) is 41.7. The smallest absolute Gasteiger partial charge is 0.0179 e. The van der Waals surface area contributed by atoms with Crippen LogP contribution in [0.4, 0.5) is 0 Å². The molecule has 0 N–H and O–H groups in total. The second kappa shape index (κ2) is 4.96. The van der Waals surface area contributed by atoms with Crippen LogP contribution in [0, 0.1) is 17.8 Å². The van der Waals surface area contributed by atoms with Gasteiger partial charge in [0.15, 0.2) is 0 Å². The van der Waals surface area contributed by atoms with Gasteiger partial charge in [-0.1, -0.05) is 43.3 Å². The Balaban J connectivity index is 1.65. The first-order valence-corrected chi connectivity index (χ1v) is 9.76. The highest BCUT2D eigenvalue weighted by Gasteiger charge is 2.54. The van der Waals surface area contributed by atoms with Crippen molar-refractivity contribution in [3.63, 3.8) is 0 Å². The van der Waals surface area contributed by atoms with Crippen molar-refractivity contribution in [2.24, 2.45) is 17.8 Å². The van der Waals surface area contributed by atoms with Gasteiger partial charge in [0.2, 0.25) is 0 Å². The fourth-order valence-electron chi connectivity index (χ4n) is 6.04. The molecule has 2 fully saturated rings. The van der Waals surface area contributed by atoms with E-state index in [2.05, 4.69) is 55.2 Å². The third-order valence-electron chi connectivity index (χ3n) is 7.56.